The van der Waals surface area contributed by atoms with Gasteiger partial charge in [0.25, 0.3) is 0 Å². The minimum Gasteiger partial charge on any atom is -0.508 e. The molecule has 0 aromatic heterocycles. The summed E-state index contributed by atoms with van der Waals surface area (Å²) >= 11 is 0. The topological polar surface area (TPSA) is 98.7 Å². The number of para-hydroxylation sites is 1. The molecule has 4 unspecified atom stereocenters. The lowest BCUT2D eigenvalue weighted by Gasteiger charge is -2.34. The number of likely N-dealkylation sites (tertiary alicyclic amines) is 1. The number of aromatic hydroxyl groups is 1. The number of phenolic OH excluding ortho intramolecular Hbond substituents is 1. The Hall–Kier alpha value is -3.19. The highest BCUT2D eigenvalue weighted by molar-refractivity contribution is 6.15. The lowest BCUT2D eigenvalue weighted by atomic mass is 9.76. The van der Waals surface area contributed by atoms with Crippen molar-refractivity contribution in [2.24, 2.45) is 11.8 Å². The Morgan fingerprint density at radius 3 is 2.38 bits per heavy atom. The van der Waals surface area contributed by atoms with Crippen molar-refractivity contribution >= 4 is 23.4 Å². The SMILES string of the molecule is Cc1cccc2c1NC(=O)C21NC(Cc2ccc(O)cc2)C2C(=O)N(C(C)(C)C)C(=O)C21. The number of imide groups is 1. The summed E-state index contributed by atoms with van der Waals surface area (Å²) in [5.41, 5.74) is 1.28. The standard InChI is InChI=1S/C25H27N3O4/c1-13-6-5-7-16-20(13)26-23(32)25(16)19-18(21(30)28(22(19)31)24(2,3)4)17(27-25)12-14-8-10-15(29)11-9-14/h5-11,17-19,27,29H,12H2,1-4H3,(H,26,32). The number of anilines is 1. The number of phenols is 1. The molecule has 2 fully saturated rings. The number of benzene rings is 2. The third-order valence-corrected chi connectivity index (χ3v) is 7.02. The van der Waals surface area contributed by atoms with Crippen molar-refractivity contribution in [2.75, 3.05) is 5.32 Å². The molecule has 0 bridgehead atoms. The lowest BCUT2D eigenvalue weighted by Crippen LogP contribution is -2.56. The fraction of sp³-hybridized carbons (Fsp3) is 0.400. The van der Waals surface area contributed by atoms with Gasteiger partial charge in [0.1, 0.15) is 11.3 Å². The molecule has 0 aliphatic carbocycles. The van der Waals surface area contributed by atoms with Gasteiger partial charge in [-0.15, -0.1) is 0 Å². The Kier molecular flexibility index (Phi) is 4.30. The molecule has 3 aliphatic heterocycles. The highest BCUT2D eigenvalue weighted by atomic mass is 16.3. The quantitative estimate of drug-likeness (QED) is 0.632. The summed E-state index contributed by atoms with van der Waals surface area (Å²) in [6, 6.07) is 12.0. The molecule has 1 spiro atoms. The molecule has 166 valence electrons. The molecule has 7 heteroatoms. The molecule has 7 nitrogen and oxygen atoms in total. The average molecular weight is 434 g/mol. The molecular formula is C25H27N3O4. The van der Waals surface area contributed by atoms with Gasteiger partial charge < -0.3 is 10.4 Å². The van der Waals surface area contributed by atoms with Crippen LogP contribution in [0.3, 0.4) is 0 Å². The van der Waals surface area contributed by atoms with Crippen LogP contribution in [0.15, 0.2) is 42.5 Å². The Balaban J connectivity index is 1.66. The number of nitrogens with zero attached hydrogens (tertiary/aromatic N) is 1. The monoisotopic (exact) mass is 433 g/mol. The Labute approximate surface area is 186 Å². The van der Waals surface area contributed by atoms with E-state index >= 15 is 0 Å². The molecule has 0 saturated carbocycles. The number of nitrogens with one attached hydrogen (secondary N) is 2. The number of fused-ring (bicyclic) bond motifs is 4. The van der Waals surface area contributed by atoms with Crippen molar-refractivity contribution in [3.05, 3.63) is 59.2 Å². The second kappa shape index (κ2) is 6.65. The van der Waals surface area contributed by atoms with Gasteiger partial charge in [-0.3, -0.25) is 24.6 Å². The molecule has 4 atom stereocenters. The maximum atomic E-state index is 13.7. The maximum absolute atomic E-state index is 13.7. The van der Waals surface area contributed by atoms with Crippen LogP contribution in [-0.2, 0) is 26.3 Å². The number of carbonyl (C=O) groups excluding carboxylic acids is 3. The normalized spacial score (nSPS) is 28.9. The van der Waals surface area contributed by atoms with Crippen LogP contribution in [0.5, 0.6) is 5.75 Å². The number of amides is 3. The van der Waals surface area contributed by atoms with Gasteiger partial charge in [0.15, 0.2) is 0 Å². The molecule has 2 aromatic rings. The minimum atomic E-state index is -1.29. The van der Waals surface area contributed by atoms with E-state index in [1.807, 2.05) is 45.9 Å². The predicted molar refractivity (Wildman–Crippen MR) is 119 cm³/mol. The van der Waals surface area contributed by atoms with Crippen LogP contribution < -0.4 is 10.6 Å². The Morgan fingerprint density at radius 2 is 1.72 bits per heavy atom. The largest absolute Gasteiger partial charge is 0.508 e. The zero-order valence-corrected chi connectivity index (χ0v) is 18.6. The molecule has 2 saturated heterocycles. The molecule has 32 heavy (non-hydrogen) atoms. The smallest absolute Gasteiger partial charge is 0.250 e. The van der Waals surface area contributed by atoms with E-state index in [9.17, 15) is 19.5 Å². The van der Waals surface area contributed by atoms with Crippen LogP contribution >= 0.6 is 0 Å². The first-order valence-electron chi connectivity index (χ1n) is 10.9. The highest BCUT2D eigenvalue weighted by Crippen LogP contribution is 2.54. The zero-order valence-electron chi connectivity index (χ0n) is 18.6. The van der Waals surface area contributed by atoms with Gasteiger partial charge in [-0.1, -0.05) is 30.3 Å². The highest BCUT2D eigenvalue weighted by Gasteiger charge is 2.71. The van der Waals surface area contributed by atoms with Gasteiger partial charge in [-0.25, -0.2) is 0 Å². The molecule has 0 radical (unpaired) electrons. The second-order valence-corrected chi connectivity index (χ2v) is 10.1. The minimum absolute atomic E-state index is 0.160. The lowest BCUT2D eigenvalue weighted by molar-refractivity contribution is -0.147. The van der Waals surface area contributed by atoms with E-state index in [-0.39, 0.29) is 23.5 Å². The summed E-state index contributed by atoms with van der Waals surface area (Å²) in [6.45, 7) is 7.44. The van der Waals surface area contributed by atoms with Crippen molar-refractivity contribution in [1.82, 2.24) is 10.2 Å². The molecule has 3 N–H and O–H groups in total. The predicted octanol–water partition coefficient (Wildman–Crippen LogP) is 2.46. The van der Waals surface area contributed by atoms with Crippen LogP contribution in [-0.4, -0.2) is 39.3 Å². The molecule has 3 amide bonds. The van der Waals surface area contributed by atoms with Gasteiger partial charge >= 0.3 is 0 Å². The van der Waals surface area contributed by atoms with E-state index in [1.54, 1.807) is 24.3 Å². The van der Waals surface area contributed by atoms with Gasteiger partial charge in [0, 0.05) is 22.8 Å². The van der Waals surface area contributed by atoms with Crippen molar-refractivity contribution in [3.63, 3.8) is 0 Å². The van der Waals surface area contributed by atoms with E-state index in [0.29, 0.717) is 12.1 Å². The number of hydrogen-bond donors (Lipinski definition) is 3. The number of carbonyl (C=O) groups is 3. The molecule has 3 heterocycles. The summed E-state index contributed by atoms with van der Waals surface area (Å²) in [6.07, 6.45) is 0.453. The van der Waals surface area contributed by atoms with Crippen LogP contribution in [0, 0.1) is 18.8 Å². The molecular weight excluding hydrogens is 406 g/mol. The van der Waals surface area contributed by atoms with Gasteiger partial charge in [0.2, 0.25) is 17.7 Å². The average Bonchev–Trinajstić information content (AvgIpc) is 3.29. The van der Waals surface area contributed by atoms with Crippen molar-refractivity contribution < 1.29 is 19.5 Å². The maximum Gasteiger partial charge on any atom is 0.250 e. The number of aryl methyl sites for hydroxylation is 1. The fourth-order valence-electron chi connectivity index (χ4n) is 5.70. The molecule has 5 rings (SSSR count). The first-order chi connectivity index (χ1) is 15.1. The summed E-state index contributed by atoms with van der Waals surface area (Å²) < 4.78 is 0. The molecule has 3 aliphatic rings. The first kappa shape index (κ1) is 20.7. The first-order valence-corrected chi connectivity index (χ1v) is 10.9. The second-order valence-electron chi connectivity index (χ2n) is 10.1. The number of hydrogen-bond acceptors (Lipinski definition) is 5. The zero-order chi connectivity index (χ0) is 23.0. The van der Waals surface area contributed by atoms with Crippen molar-refractivity contribution in [2.45, 2.75) is 51.2 Å². The third kappa shape index (κ3) is 2.67. The molecule has 2 aromatic carbocycles. The summed E-state index contributed by atoms with van der Waals surface area (Å²) in [5.74, 6) is -2.16. The van der Waals surface area contributed by atoms with Gasteiger partial charge in [0.05, 0.1) is 11.8 Å². The van der Waals surface area contributed by atoms with Crippen LogP contribution in [0.4, 0.5) is 5.69 Å². The Bertz CT molecular complexity index is 1150. The summed E-state index contributed by atoms with van der Waals surface area (Å²) in [5, 5.41) is 16.1. The van der Waals surface area contributed by atoms with Crippen LogP contribution in [0.2, 0.25) is 0 Å². The van der Waals surface area contributed by atoms with E-state index in [1.165, 1.54) is 4.90 Å². The van der Waals surface area contributed by atoms with Crippen LogP contribution in [0.1, 0.15) is 37.5 Å². The fourth-order valence-corrected chi connectivity index (χ4v) is 5.70. The van der Waals surface area contributed by atoms with E-state index in [0.717, 1.165) is 16.7 Å². The third-order valence-electron chi connectivity index (χ3n) is 7.02. The van der Waals surface area contributed by atoms with Gasteiger partial charge in [-0.05, 0) is 57.4 Å². The van der Waals surface area contributed by atoms with Gasteiger partial charge in [-0.2, -0.15) is 0 Å². The summed E-state index contributed by atoms with van der Waals surface area (Å²) in [4.78, 5) is 42.2. The van der Waals surface area contributed by atoms with E-state index < -0.39 is 29.0 Å². The summed E-state index contributed by atoms with van der Waals surface area (Å²) in [7, 11) is 0. The Morgan fingerprint density at radius 1 is 1.03 bits per heavy atom. The van der Waals surface area contributed by atoms with E-state index in [2.05, 4.69) is 10.6 Å². The van der Waals surface area contributed by atoms with Crippen molar-refractivity contribution in [1.29, 1.82) is 0 Å². The van der Waals surface area contributed by atoms with Crippen molar-refractivity contribution in [3.8, 4) is 5.75 Å². The number of rotatable bonds is 2. The van der Waals surface area contributed by atoms with Crippen LogP contribution in [0.25, 0.3) is 0 Å². The van der Waals surface area contributed by atoms with E-state index in [4.69, 9.17) is 0 Å².